The molecule has 24 heavy (non-hydrogen) atoms. The number of aromatic nitrogens is 2. The number of carbonyl (C=O) groups excluding carboxylic acids is 1. The van der Waals surface area contributed by atoms with Gasteiger partial charge >= 0.3 is 0 Å². The van der Waals surface area contributed by atoms with E-state index < -0.39 is 0 Å². The summed E-state index contributed by atoms with van der Waals surface area (Å²) in [7, 11) is 1.79. The van der Waals surface area contributed by atoms with Gasteiger partial charge in [0.2, 0.25) is 5.91 Å². The van der Waals surface area contributed by atoms with Crippen molar-refractivity contribution in [2.24, 2.45) is 0 Å². The van der Waals surface area contributed by atoms with Gasteiger partial charge < -0.3 is 14.5 Å². The third kappa shape index (κ3) is 4.24. The number of hydrogen-bond donors (Lipinski definition) is 0. The molecule has 1 aliphatic heterocycles. The Morgan fingerprint density at radius 2 is 2.00 bits per heavy atom. The normalized spacial score (nSPS) is 14.5. The van der Waals surface area contributed by atoms with E-state index >= 15 is 0 Å². The first-order valence-corrected chi connectivity index (χ1v) is 8.82. The van der Waals surface area contributed by atoms with Crippen molar-refractivity contribution in [3.8, 4) is 0 Å². The molecule has 0 atom stereocenters. The molecule has 1 amide bonds. The summed E-state index contributed by atoms with van der Waals surface area (Å²) in [5.74, 6) is 1.27. The average Bonchev–Trinajstić information content (AvgIpc) is 2.67. The second-order valence-corrected chi connectivity index (χ2v) is 6.39. The van der Waals surface area contributed by atoms with E-state index in [1.165, 1.54) is 11.8 Å². The van der Waals surface area contributed by atoms with Crippen LogP contribution in [0.5, 0.6) is 0 Å². The second-order valence-electron chi connectivity index (χ2n) is 5.39. The molecule has 1 aromatic heterocycles. The number of morpholine rings is 1. The van der Waals surface area contributed by atoms with Crippen LogP contribution in [0, 0.1) is 0 Å². The summed E-state index contributed by atoms with van der Waals surface area (Å²) in [6.45, 7) is 3.09. The maximum absolute atomic E-state index is 12.3. The predicted molar refractivity (Wildman–Crippen MR) is 95.6 cm³/mol. The molecule has 6 nitrogen and oxygen atoms in total. The predicted octanol–water partition coefficient (Wildman–Crippen LogP) is 2.07. The summed E-state index contributed by atoms with van der Waals surface area (Å²) in [6, 6.07) is 11.6. The highest BCUT2D eigenvalue weighted by molar-refractivity contribution is 7.99. The molecule has 0 spiro atoms. The third-order valence-electron chi connectivity index (χ3n) is 3.82. The van der Waals surface area contributed by atoms with Gasteiger partial charge in [-0.2, -0.15) is 0 Å². The molecule has 1 fully saturated rings. The van der Waals surface area contributed by atoms with Crippen LogP contribution >= 0.6 is 11.8 Å². The van der Waals surface area contributed by atoms with Gasteiger partial charge in [-0.15, -0.1) is 0 Å². The topological polar surface area (TPSA) is 58.6 Å². The van der Waals surface area contributed by atoms with Crippen molar-refractivity contribution in [2.75, 3.05) is 48.9 Å². The molecule has 3 rings (SSSR count). The average molecular weight is 344 g/mol. The van der Waals surface area contributed by atoms with Gasteiger partial charge in [0.1, 0.15) is 17.2 Å². The van der Waals surface area contributed by atoms with Crippen molar-refractivity contribution in [2.45, 2.75) is 5.03 Å². The lowest BCUT2D eigenvalue weighted by Gasteiger charge is -2.27. The van der Waals surface area contributed by atoms with Crippen LogP contribution in [0.3, 0.4) is 0 Å². The first kappa shape index (κ1) is 16.7. The second kappa shape index (κ2) is 8.12. The van der Waals surface area contributed by atoms with Crippen LogP contribution in [-0.4, -0.2) is 55.0 Å². The molecular formula is C17H20N4O2S. The van der Waals surface area contributed by atoms with Gasteiger partial charge in [-0.1, -0.05) is 30.0 Å². The summed E-state index contributed by atoms with van der Waals surface area (Å²) in [4.78, 5) is 24.8. The molecule has 0 aliphatic carbocycles. The van der Waals surface area contributed by atoms with Gasteiger partial charge in [0.05, 0.1) is 19.0 Å². The smallest absolute Gasteiger partial charge is 0.237 e. The van der Waals surface area contributed by atoms with Crippen LogP contribution in [0.15, 0.2) is 47.8 Å². The fraction of sp³-hybridized carbons (Fsp3) is 0.353. The number of nitrogens with zero attached hydrogens (tertiary/aromatic N) is 4. The number of hydrogen-bond acceptors (Lipinski definition) is 6. The molecule has 1 aliphatic rings. The summed E-state index contributed by atoms with van der Waals surface area (Å²) in [5.41, 5.74) is 0.889. The fourth-order valence-electron chi connectivity index (χ4n) is 2.40. The van der Waals surface area contributed by atoms with Gasteiger partial charge in [-0.25, -0.2) is 9.97 Å². The maximum atomic E-state index is 12.3. The van der Waals surface area contributed by atoms with E-state index in [-0.39, 0.29) is 5.91 Å². The van der Waals surface area contributed by atoms with Crippen LogP contribution in [0.1, 0.15) is 0 Å². The molecule has 0 saturated carbocycles. The number of benzene rings is 1. The molecule has 0 N–H and O–H groups in total. The zero-order chi connectivity index (χ0) is 16.8. The Hall–Kier alpha value is -2.12. The summed E-state index contributed by atoms with van der Waals surface area (Å²) >= 11 is 1.43. The van der Waals surface area contributed by atoms with Gasteiger partial charge in [0, 0.05) is 31.9 Å². The minimum absolute atomic E-state index is 0.0396. The Kier molecular flexibility index (Phi) is 5.66. The van der Waals surface area contributed by atoms with E-state index in [9.17, 15) is 4.79 Å². The van der Waals surface area contributed by atoms with E-state index in [2.05, 4.69) is 14.9 Å². The standard InChI is InChI=1S/C17H20N4O2S/c1-20(14-5-3-2-4-6-14)17(22)12-24-16-11-15(18-13-19-16)21-7-9-23-10-8-21/h2-6,11,13H,7-10,12H2,1H3. The van der Waals surface area contributed by atoms with E-state index in [0.717, 1.165) is 29.6 Å². The van der Waals surface area contributed by atoms with E-state index in [4.69, 9.17) is 4.74 Å². The quantitative estimate of drug-likeness (QED) is 0.611. The van der Waals surface area contributed by atoms with Crippen molar-refractivity contribution < 1.29 is 9.53 Å². The number of rotatable bonds is 5. The largest absolute Gasteiger partial charge is 0.378 e. The summed E-state index contributed by atoms with van der Waals surface area (Å²) < 4.78 is 5.36. The number of anilines is 2. The van der Waals surface area contributed by atoms with Gasteiger partial charge in [-0.05, 0) is 12.1 Å². The van der Waals surface area contributed by atoms with Crippen molar-refractivity contribution in [1.29, 1.82) is 0 Å². The zero-order valence-corrected chi connectivity index (χ0v) is 14.4. The molecule has 0 unspecified atom stereocenters. The van der Waals surface area contributed by atoms with E-state index in [0.29, 0.717) is 19.0 Å². The van der Waals surface area contributed by atoms with Crippen LogP contribution < -0.4 is 9.80 Å². The van der Waals surface area contributed by atoms with E-state index in [1.807, 2.05) is 36.4 Å². The molecule has 0 bridgehead atoms. The van der Waals surface area contributed by atoms with Crippen LogP contribution in [-0.2, 0) is 9.53 Å². The fourth-order valence-corrected chi connectivity index (χ4v) is 3.18. The van der Waals surface area contributed by atoms with Gasteiger partial charge in [0.25, 0.3) is 0 Å². The Morgan fingerprint density at radius 3 is 2.75 bits per heavy atom. The zero-order valence-electron chi connectivity index (χ0n) is 13.6. The number of para-hydroxylation sites is 1. The number of thioether (sulfide) groups is 1. The molecule has 1 aromatic carbocycles. The number of carbonyl (C=O) groups is 1. The Bertz CT molecular complexity index is 677. The SMILES string of the molecule is CN(C(=O)CSc1cc(N2CCOCC2)ncn1)c1ccccc1. The summed E-state index contributed by atoms with van der Waals surface area (Å²) in [5, 5.41) is 0.807. The molecule has 7 heteroatoms. The third-order valence-corrected chi connectivity index (χ3v) is 4.73. The van der Waals surface area contributed by atoms with Crippen LogP contribution in [0.2, 0.25) is 0 Å². The molecule has 126 valence electrons. The monoisotopic (exact) mass is 344 g/mol. The van der Waals surface area contributed by atoms with Gasteiger partial charge in [0.15, 0.2) is 0 Å². The first-order chi connectivity index (χ1) is 11.7. The minimum atomic E-state index is 0.0396. The molecule has 2 aromatic rings. The van der Waals surface area contributed by atoms with Crippen molar-refractivity contribution in [3.63, 3.8) is 0 Å². The maximum Gasteiger partial charge on any atom is 0.237 e. The van der Waals surface area contributed by atoms with Crippen molar-refractivity contribution in [3.05, 3.63) is 42.7 Å². The van der Waals surface area contributed by atoms with Crippen molar-refractivity contribution in [1.82, 2.24) is 9.97 Å². The number of amides is 1. The molecule has 1 saturated heterocycles. The highest BCUT2D eigenvalue weighted by atomic mass is 32.2. The van der Waals surface area contributed by atoms with Crippen LogP contribution in [0.4, 0.5) is 11.5 Å². The first-order valence-electron chi connectivity index (χ1n) is 7.83. The van der Waals surface area contributed by atoms with E-state index in [1.54, 1.807) is 18.3 Å². The lowest BCUT2D eigenvalue weighted by atomic mass is 10.3. The summed E-state index contributed by atoms with van der Waals surface area (Å²) in [6.07, 6.45) is 1.55. The van der Waals surface area contributed by atoms with Crippen LogP contribution in [0.25, 0.3) is 0 Å². The Balaban J connectivity index is 1.59. The molecular weight excluding hydrogens is 324 g/mol. The highest BCUT2D eigenvalue weighted by Gasteiger charge is 2.15. The number of ether oxygens (including phenoxy) is 1. The Labute approximate surface area is 145 Å². The van der Waals surface area contributed by atoms with Crippen molar-refractivity contribution >= 4 is 29.2 Å². The molecule has 0 radical (unpaired) electrons. The molecule has 2 heterocycles. The van der Waals surface area contributed by atoms with Gasteiger partial charge in [-0.3, -0.25) is 4.79 Å². The lowest BCUT2D eigenvalue weighted by Crippen LogP contribution is -2.36. The Morgan fingerprint density at radius 1 is 1.25 bits per heavy atom. The lowest BCUT2D eigenvalue weighted by molar-refractivity contribution is -0.115. The highest BCUT2D eigenvalue weighted by Crippen LogP contribution is 2.21. The minimum Gasteiger partial charge on any atom is -0.378 e.